The molecule has 0 saturated carbocycles. The van der Waals surface area contributed by atoms with Gasteiger partial charge in [-0.25, -0.2) is 13.2 Å². The monoisotopic (exact) mass is 749 g/mol. The van der Waals surface area contributed by atoms with E-state index in [9.17, 15) is 28.0 Å². The molecule has 5 N–H and O–H groups in total. The summed E-state index contributed by atoms with van der Waals surface area (Å²) in [5.41, 5.74) is 8.45. The third kappa shape index (κ3) is 10.6. The van der Waals surface area contributed by atoms with Crippen molar-refractivity contribution in [3.8, 4) is 0 Å². The van der Waals surface area contributed by atoms with Crippen LogP contribution in [0.5, 0.6) is 0 Å². The van der Waals surface area contributed by atoms with Crippen molar-refractivity contribution in [2.75, 3.05) is 26.2 Å². The van der Waals surface area contributed by atoms with E-state index in [0.29, 0.717) is 30.6 Å². The molecule has 0 aromatic heterocycles. The number of urea groups is 1. The van der Waals surface area contributed by atoms with E-state index in [-0.39, 0.29) is 61.2 Å². The number of carbonyl (C=O) groups excluding carboxylic acids is 2. The number of nitrogens with two attached hydrogens (primary N) is 1. The zero-order valence-corrected chi connectivity index (χ0v) is 31.5. The molecular weight excluding hydrogens is 699 g/mol. The highest BCUT2D eigenvalue weighted by Gasteiger charge is 2.41. The molecule has 4 rings (SSSR count). The Morgan fingerprint density at radius 3 is 2.26 bits per heavy atom. The Labute approximate surface area is 311 Å². The highest BCUT2D eigenvalue weighted by Crippen LogP contribution is 2.24. The van der Waals surface area contributed by atoms with E-state index < -0.39 is 34.1 Å². The SMILES string of the molecule is CC[C@H](C)[C@@H](C(=O)N[C@@H](Cc1ccccc1)[C@H](O)CN(CC(C)C)S(=O)(=O)c1ccc(CN=O)cc1)N1CCN(Cc2cccc(C(N)=NO)c2)C1=O. The second-order valence-corrected chi connectivity index (χ2v) is 15.9. The van der Waals surface area contributed by atoms with Gasteiger partial charge in [-0.05, 0) is 53.1 Å². The molecule has 0 radical (unpaired) electrons. The first-order valence-electron chi connectivity index (χ1n) is 17.8. The minimum Gasteiger partial charge on any atom is -0.409 e. The summed E-state index contributed by atoms with van der Waals surface area (Å²) in [5, 5.41) is 29.9. The maximum absolute atomic E-state index is 14.3. The molecule has 1 aliphatic heterocycles. The minimum absolute atomic E-state index is 0.00861. The molecule has 15 heteroatoms. The lowest BCUT2D eigenvalue weighted by molar-refractivity contribution is -0.128. The number of aliphatic hydroxyl groups is 1. The van der Waals surface area contributed by atoms with E-state index in [1.54, 1.807) is 28.0 Å². The van der Waals surface area contributed by atoms with Gasteiger partial charge in [0.15, 0.2) is 5.84 Å². The van der Waals surface area contributed by atoms with E-state index in [1.807, 2.05) is 64.1 Å². The lowest BCUT2D eigenvalue weighted by atomic mass is 9.95. The predicted octanol–water partition coefficient (Wildman–Crippen LogP) is 4.14. The van der Waals surface area contributed by atoms with Crippen molar-refractivity contribution in [2.45, 2.75) is 76.7 Å². The first-order chi connectivity index (χ1) is 25.3. The predicted molar refractivity (Wildman–Crippen MR) is 202 cm³/mol. The van der Waals surface area contributed by atoms with E-state index in [4.69, 9.17) is 10.9 Å². The molecule has 0 unspecified atom stereocenters. The molecule has 3 amide bonds. The lowest BCUT2D eigenvalue weighted by Gasteiger charge is -2.35. The fourth-order valence-corrected chi connectivity index (χ4v) is 8.09. The highest BCUT2D eigenvalue weighted by atomic mass is 32.2. The van der Waals surface area contributed by atoms with Crippen LogP contribution in [-0.4, -0.2) is 95.0 Å². The molecule has 14 nitrogen and oxygen atoms in total. The minimum atomic E-state index is -4.09. The van der Waals surface area contributed by atoms with Gasteiger partial charge in [-0.1, -0.05) is 105 Å². The van der Waals surface area contributed by atoms with Gasteiger partial charge in [-0.15, -0.1) is 0 Å². The number of hydrogen-bond acceptors (Lipinski definition) is 9. The average Bonchev–Trinajstić information content (AvgIpc) is 3.49. The topological polar surface area (TPSA) is 198 Å². The number of nitrogens with zero attached hydrogens (tertiary/aromatic N) is 5. The Bertz CT molecular complexity index is 1820. The molecule has 53 heavy (non-hydrogen) atoms. The van der Waals surface area contributed by atoms with E-state index >= 15 is 0 Å². The van der Waals surface area contributed by atoms with E-state index in [0.717, 1.165) is 11.1 Å². The standard InChI is InChI=1S/C38H51N7O7S/c1-5-27(4)35(45-19-18-43(38(45)48)24-30-12-9-13-31(20-30)36(39)42-50)37(47)41-33(21-28-10-7-6-8-11-28)34(46)25-44(23-26(2)3)53(51,52)32-16-14-29(15-17-32)22-40-49/h6-17,20,26-27,33-35,46,50H,5,18-19,21-25H2,1-4H3,(H2,39,42)(H,41,47)/t27-,33-,34+,35-/m0/s1. The van der Waals surface area contributed by atoms with Crippen LogP contribution in [0.15, 0.2) is 94.1 Å². The molecule has 286 valence electrons. The molecule has 1 heterocycles. The summed E-state index contributed by atoms with van der Waals surface area (Å²) in [6.07, 6.45) is -0.519. The van der Waals surface area contributed by atoms with Gasteiger partial charge in [0.2, 0.25) is 15.9 Å². The van der Waals surface area contributed by atoms with Crippen LogP contribution in [0.25, 0.3) is 0 Å². The van der Waals surface area contributed by atoms with Crippen LogP contribution in [0.4, 0.5) is 4.79 Å². The molecule has 0 bridgehead atoms. The number of rotatable bonds is 19. The molecule has 4 atom stereocenters. The maximum atomic E-state index is 14.3. The molecule has 1 saturated heterocycles. The molecule has 1 fully saturated rings. The van der Waals surface area contributed by atoms with Crippen molar-refractivity contribution in [1.82, 2.24) is 19.4 Å². The molecule has 0 spiro atoms. The van der Waals surface area contributed by atoms with Gasteiger partial charge < -0.3 is 31.2 Å². The Morgan fingerprint density at radius 2 is 1.64 bits per heavy atom. The molecule has 0 aliphatic carbocycles. The quantitative estimate of drug-likeness (QED) is 0.0461. The number of amides is 3. The highest BCUT2D eigenvalue weighted by molar-refractivity contribution is 7.89. The second-order valence-electron chi connectivity index (χ2n) is 13.9. The summed E-state index contributed by atoms with van der Waals surface area (Å²) in [6.45, 7) is 8.24. The number of nitrogens with one attached hydrogen (secondary N) is 1. The molecule has 1 aliphatic rings. The number of sulfonamides is 1. The Morgan fingerprint density at radius 1 is 0.962 bits per heavy atom. The fraction of sp³-hybridized carbons (Fsp3) is 0.447. The fourth-order valence-electron chi connectivity index (χ4n) is 6.47. The van der Waals surface area contributed by atoms with E-state index in [2.05, 4.69) is 15.6 Å². The molecule has 3 aromatic carbocycles. The van der Waals surface area contributed by atoms with Crippen molar-refractivity contribution >= 4 is 27.8 Å². The Hall–Kier alpha value is -4.86. The third-order valence-corrected chi connectivity index (χ3v) is 11.3. The van der Waals surface area contributed by atoms with Crippen molar-refractivity contribution in [1.29, 1.82) is 0 Å². The van der Waals surface area contributed by atoms with Crippen LogP contribution in [0, 0.1) is 16.7 Å². The zero-order chi connectivity index (χ0) is 38.7. The summed E-state index contributed by atoms with van der Waals surface area (Å²) >= 11 is 0. The van der Waals surface area contributed by atoms with Gasteiger partial charge in [0.1, 0.15) is 12.6 Å². The van der Waals surface area contributed by atoms with Gasteiger partial charge in [0.25, 0.3) is 0 Å². The number of hydrogen-bond donors (Lipinski definition) is 4. The lowest BCUT2D eigenvalue weighted by Crippen LogP contribution is -2.57. The van der Waals surface area contributed by atoms with Crippen LogP contribution in [0.1, 0.15) is 56.4 Å². The summed E-state index contributed by atoms with van der Waals surface area (Å²) in [6, 6.07) is 20.1. The van der Waals surface area contributed by atoms with Crippen molar-refractivity contribution in [2.24, 2.45) is 27.9 Å². The average molecular weight is 750 g/mol. The van der Waals surface area contributed by atoms with Crippen LogP contribution in [0.3, 0.4) is 0 Å². The maximum Gasteiger partial charge on any atom is 0.321 e. The Balaban J connectivity index is 1.58. The number of aliphatic hydroxyl groups excluding tert-OH is 1. The molecular formula is C38H51N7O7S. The van der Waals surface area contributed by atoms with Gasteiger partial charge in [-0.2, -0.15) is 9.21 Å². The van der Waals surface area contributed by atoms with Crippen molar-refractivity contribution < 1.29 is 28.3 Å². The smallest absolute Gasteiger partial charge is 0.321 e. The van der Waals surface area contributed by atoms with Gasteiger partial charge in [0.05, 0.1) is 17.0 Å². The number of oxime groups is 1. The van der Waals surface area contributed by atoms with Gasteiger partial charge in [0, 0.05) is 38.3 Å². The Kier molecular flexibility index (Phi) is 14.5. The summed E-state index contributed by atoms with van der Waals surface area (Å²) in [7, 11) is -4.09. The third-order valence-electron chi connectivity index (χ3n) is 9.48. The second kappa shape index (κ2) is 18.8. The summed E-state index contributed by atoms with van der Waals surface area (Å²) in [4.78, 5) is 42.1. The number of nitroso groups, excluding NO2 is 1. The first kappa shape index (κ1) is 40.9. The number of amidine groups is 1. The van der Waals surface area contributed by atoms with Crippen molar-refractivity contribution in [3.05, 3.63) is 106 Å². The number of benzene rings is 3. The van der Waals surface area contributed by atoms with Crippen LogP contribution in [0.2, 0.25) is 0 Å². The van der Waals surface area contributed by atoms with Crippen LogP contribution < -0.4 is 11.1 Å². The summed E-state index contributed by atoms with van der Waals surface area (Å²) in [5.74, 6) is -0.817. The van der Waals surface area contributed by atoms with E-state index in [1.165, 1.54) is 28.6 Å². The van der Waals surface area contributed by atoms with Crippen LogP contribution in [-0.2, 0) is 34.3 Å². The number of carbonyl (C=O) groups is 2. The van der Waals surface area contributed by atoms with Crippen LogP contribution >= 0.6 is 0 Å². The normalized spacial score (nSPS) is 16.1. The first-order valence-corrected chi connectivity index (χ1v) is 19.3. The van der Waals surface area contributed by atoms with Gasteiger partial charge >= 0.3 is 6.03 Å². The zero-order valence-electron chi connectivity index (χ0n) is 30.7. The van der Waals surface area contributed by atoms with Gasteiger partial charge in [-0.3, -0.25) is 4.79 Å². The largest absolute Gasteiger partial charge is 0.409 e. The summed E-state index contributed by atoms with van der Waals surface area (Å²) < 4.78 is 29.1. The molecule has 3 aromatic rings. The van der Waals surface area contributed by atoms with Crippen molar-refractivity contribution in [3.63, 3.8) is 0 Å².